The number of hydrogen-bond acceptors (Lipinski definition) is 4. The molecule has 4 aliphatic heterocycles. The minimum Gasteiger partial charge on any atom is -0.246 e. The Kier molecular flexibility index (Phi) is 1.84. The fraction of sp³-hybridized carbons (Fsp3) is 0.529. The lowest BCUT2D eigenvalue weighted by atomic mass is 9.64. The second-order valence-corrected chi connectivity index (χ2v) is 8.43. The Labute approximate surface area is 150 Å². The monoisotopic (exact) mass is 368 g/mol. The normalized spacial score (nSPS) is 40.7. The van der Waals surface area contributed by atoms with Gasteiger partial charge in [-0.1, -0.05) is 24.3 Å². The average Bonchev–Trinajstić information content (AvgIpc) is 3.35. The lowest BCUT2D eigenvalue weighted by Crippen LogP contribution is -2.59. The van der Waals surface area contributed by atoms with E-state index in [1.165, 1.54) is 14.1 Å². The van der Waals surface area contributed by atoms with E-state index in [4.69, 9.17) is 0 Å². The molecule has 27 heavy (non-hydrogen) atoms. The first kappa shape index (κ1) is 14.1. The van der Waals surface area contributed by atoms with E-state index >= 15 is 0 Å². The quantitative estimate of drug-likeness (QED) is 0.524. The average molecular weight is 368 g/mol. The van der Waals surface area contributed by atoms with Gasteiger partial charge in [-0.25, -0.2) is 47.0 Å². The van der Waals surface area contributed by atoms with Crippen LogP contribution in [0.25, 0.3) is 0 Å². The van der Waals surface area contributed by atoms with Gasteiger partial charge in [0, 0.05) is 24.9 Å². The molecule has 10 nitrogen and oxygen atoms in total. The summed E-state index contributed by atoms with van der Waals surface area (Å²) >= 11 is 0. The van der Waals surface area contributed by atoms with Crippen LogP contribution in [0, 0.1) is 10.8 Å². The lowest BCUT2D eigenvalue weighted by Gasteiger charge is -2.54. The molecule has 3 aliphatic carbocycles. The Balaban J connectivity index is 1.63. The van der Waals surface area contributed by atoms with Crippen LogP contribution in [-0.2, 0) is 14.1 Å². The maximum absolute atomic E-state index is 12.8. The Morgan fingerprint density at radius 3 is 1.15 bits per heavy atom. The maximum Gasteiger partial charge on any atom is 0.347 e. The van der Waals surface area contributed by atoms with E-state index in [1.807, 2.05) is 24.3 Å². The van der Waals surface area contributed by atoms with E-state index in [0.29, 0.717) is 0 Å². The van der Waals surface area contributed by atoms with Crippen molar-refractivity contribution in [1.29, 1.82) is 0 Å². The molecule has 1 saturated carbocycles. The molecule has 0 amide bonds. The van der Waals surface area contributed by atoms with Crippen molar-refractivity contribution in [2.75, 3.05) is 0 Å². The standard InChI is InChI=1S/C17H16N6O4/c1-18-12(24)20-8-3-4-9(21(20)13(18)25)17-7-16(8,17)10-5-6-11(17)23-15(27)19(2)14(26)22(10)23/h3-6,8-11H,7H2,1-2H3/t8-,9+,10+,11-,16?,17?. The van der Waals surface area contributed by atoms with Gasteiger partial charge in [-0.15, -0.1) is 0 Å². The third-order valence-corrected chi connectivity index (χ3v) is 7.84. The minimum atomic E-state index is -0.360. The van der Waals surface area contributed by atoms with Gasteiger partial charge in [-0.05, 0) is 6.42 Å². The van der Waals surface area contributed by atoms with Gasteiger partial charge < -0.3 is 0 Å². The summed E-state index contributed by atoms with van der Waals surface area (Å²) in [5.74, 6) is 0. The SMILES string of the molecule is Cn1c(=O)n2n(c1=O)[C@@H]1C=C[C@H]2C23CC12[C@@H]1C=C[C@H]3n2c(=O)n(C)c(=O)n21. The van der Waals surface area contributed by atoms with Crippen LogP contribution in [0.5, 0.6) is 0 Å². The maximum atomic E-state index is 12.8. The molecule has 9 rings (SSSR count). The fourth-order valence-electron chi connectivity index (χ4n) is 6.78. The van der Waals surface area contributed by atoms with Crippen molar-refractivity contribution in [2.24, 2.45) is 24.9 Å². The summed E-state index contributed by atoms with van der Waals surface area (Å²) in [4.78, 5) is 51.0. The van der Waals surface area contributed by atoms with Crippen LogP contribution in [0.1, 0.15) is 30.6 Å². The van der Waals surface area contributed by atoms with Crippen LogP contribution in [-0.4, -0.2) is 27.9 Å². The fourth-order valence-corrected chi connectivity index (χ4v) is 6.78. The van der Waals surface area contributed by atoms with Crippen LogP contribution in [0.3, 0.4) is 0 Å². The molecule has 0 spiro atoms. The van der Waals surface area contributed by atoms with Crippen LogP contribution in [0.15, 0.2) is 43.5 Å². The second-order valence-electron chi connectivity index (χ2n) is 8.43. The molecule has 6 atom stereocenters. The van der Waals surface area contributed by atoms with Crippen molar-refractivity contribution < 1.29 is 0 Å². The van der Waals surface area contributed by atoms with Gasteiger partial charge in [-0.3, -0.25) is 0 Å². The highest BCUT2D eigenvalue weighted by molar-refractivity contribution is 5.44. The van der Waals surface area contributed by atoms with Crippen LogP contribution < -0.4 is 22.8 Å². The first-order valence-corrected chi connectivity index (χ1v) is 9.04. The molecule has 2 aromatic rings. The zero-order valence-electron chi connectivity index (χ0n) is 14.6. The predicted octanol–water partition coefficient (Wildman–Crippen LogP) is -1.58. The summed E-state index contributed by atoms with van der Waals surface area (Å²) in [6, 6.07) is -1.23. The summed E-state index contributed by atoms with van der Waals surface area (Å²) in [6.45, 7) is 0. The Morgan fingerprint density at radius 2 is 0.889 bits per heavy atom. The van der Waals surface area contributed by atoms with Crippen LogP contribution >= 0.6 is 0 Å². The highest BCUT2D eigenvalue weighted by Gasteiger charge is 2.86. The van der Waals surface area contributed by atoms with Crippen molar-refractivity contribution in [3.8, 4) is 0 Å². The highest BCUT2D eigenvalue weighted by Crippen LogP contribution is 2.87. The molecule has 2 aromatic heterocycles. The van der Waals surface area contributed by atoms with E-state index in [2.05, 4.69) is 0 Å². The molecule has 10 heteroatoms. The van der Waals surface area contributed by atoms with Gasteiger partial charge in [0.15, 0.2) is 0 Å². The van der Waals surface area contributed by atoms with Gasteiger partial charge in [0.1, 0.15) is 0 Å². The molecular weight excluding hydrogens is 352 g/mol. The molecule has 1 fully saturated rings. The van der Waals surface area contributed by atoms with Crippen molar-refractivity contribution >= 4 is 0 Å². The molecule has 0 aromatic carbocycles. The van der Waals surface area contributed by atoms with Gasteiger partial charge in [-0.2, -0.15) is 0 Å². The summed E-state index contributed by atoms with van der Waals surface area (Å²) in [6.07, 6.45) is 8.77. The zero-order valence-corrected chi connectivity index (χ0v) is 14.6. The summed E-state index contributed by atoms with van der Waals surface area (Å²) in [5.41, 5.74) is -2.06. The molecule has 0 N–H and O–H groups in total. The van der Waals surface area contributed by atoms with Gasteiger partial charge in [0.2, 0.25) is 0 Å². The van der Waals surface area contributed by atoms with Crippen molar-refractivity contribution in [1.82, 2.24) is 27.9 Å². The Bertz CT molecular complexity index is 1200. The summed E-state index contributed by atoms with van der Waals surface area (Å²) in [5, 5.41) is 0. The van der Waals surface area contributed by atoms with E-state index in [9.17, 15) is 19.2 Å². The number of allylic oxidation sites excluding steroid dienone is 4. The zero-order chi connectivity index (χ0) is 18.6. The topological polar surface area (TPSA) is 97.9 Å². The molecule has 138 valence electrons. The molecule has 6 heterocycles. The lowest BCUT2D eigenvalue weighted by molar-refractivity contribution is -0.00918. The summed E-state index contributed by atoms with van der Waals surface area (Å²) < 4.78 is 8.51. The highest BCUT2D eigenvalue weighted by atomic mass is 16.2. The number of nitrogens with zero attached hydrogens (tertiary/aromatic N) is 6. The van der Waals surface area contributed by atoms with Gasteiger partial charge >= 0.3 is 22.8 Å². The third-order valence-electron chi connectivity index (χ3n) is 7.84. The number of aromatic nitrogens is 6. The van der Waals surface area contributed by atoms with E-state index < -0.39 is 0 Å². The van der Waals surface area contributed by atoms with E-state index in [-0.39, 0.29) is 57.8 Å². The van der Waals surface area contributed by atoms with Crippen LogP contribution in [0.2, 0.25) is 0 Å². The number of hydrogen-bond donors (Lipinski definition) is 0. The molecule has 2 unspecified atom stereocenters. The first-order chi connectivity index (χ1) is 12.9. The smallest absolute Gasteiger partial charge is 0.246 e. The summed E-state index contributed by atoms with van der Waals surface area (Å²) in [7, 11) is 2.98. The van der Waals surface area contributed by atoms with E-state index in [1.54, 1.807) is 18.7 Å². The largest absolute Gasteiger partial charge is 0.347 e. The van der Waals surface area contributed by atoms with Crippen LogP contribution in [0.4, 0.5) is 0 Å². The molecule has 4 bridgehead atoms. The Morgan fingerprint density at radius 1 is 0.630 bits per heavy atom. The second kappa shape index (κ2) is 3.54. The molecule has 7 aliphatic rings. The number of rotatable bonds is 0. The molecular formula is C17H16N6O4. The molecule has 0 radical (unpaired) electrons. The van der Waals surface area contributed by atoms with Crippen molar-refractivity contribution in [2.45, 2.75) is 30.6 Å². The van der Waals surface area contributed by atoms with Gasteiger partial charge in [0.25, 0.3) is 0 Å². The predicted molar refractivity (Wildman–Crippen MR) is 91.8 cm³/mol. The van der Waals surface area contributed by atoms with Crippen molar-refractivity contribution in [3.05, 3.63) is 66.2 Å². The third kappa shape index (κ3) is 1.01. The Hall–Kier alpha value is -3.04. The molecule has 0 saturated heterocycles. The van der Waals surface area contributed by atoms with E-state index in [0.717, 1.165) is 15.6 Å². The van der Waals surface area contributed by atoms with Gasteiger partial charge in [0.05, 0.1) is 24.2 Å². The van der Waals surface area contributed by atoms with Crippen molar-refractivity contribution in [3.63, 3.8) is 0 Å². The first-order valence-electron chi connectivity index (χ1n) is 9.04. The minimum absolute atomic E-state index is 0.308.